The zero-order chi connectivity index (χ0) is 13.7. The first-order chi connectivity index (χ1) is 9.20. The largest absolute Gasteiger partial charge is 0.465 e. The molecule has 0 aliphatic carbocycles. The first-order valence-corrected chi connectivity index (χ1v) is 6.83. The molecule has 1 unspecified atom stereocenters. The van der Waals surface area contributed by atoms with Crippen molar-refractivity contribution in [2.24, 2.45) is 0 Å². The Labute approximate surface area is 114 Å². The third-order valence-corrected chi connectivity index (χ3v) is 3.77. The van der Waals surface area contributed by atoms with Crippen molar-refractivity contribution in [3.63, 3.8) is 0 Å². The van der Waals surface area contributed by atoms with Crippen molar-refractivity contribution >= 4 is 11.7 Å². The van der Waals surface area contributed by atoms with Crippen LogP contribution >= 0.6 is 0 Å². The Hall–Kier alpha value is -1.55. The zero-order valence-corrected chi connectivity index (χ0v) is 11.7. The maximum atomic E-state index is 11.3. The fourth-order valence-electron chi connectivity index (χ4n) is 2.48. The van der Waals surface area contributed by atoms with E-state index >= 15 is 0 Å². The second kappa shape index (κ2) is 6.57. The number of likely N-dealkylation sites (N-methyl/N-ethyl adjacent to an activating group) is 1. The molecule has 1 aromatic carbocycles. The third-order valence-electron chi connectivity index (χ3n) is 3.77. The van der Waals surface area contributed by atoms with Crippen LogP contribution in [0.15, 0.2) is 24.3 Å². The fraction of sp³-hybridized carbons (Fsp3) is 0.533. The Morgan fingerprint density at radius 2 is 2.11 bits per heavy atom. The van der Waals surface area contributed by atoms with Gasteiger partial charge in [-0.3, -0.25) is 0 Å². The van der Waals surface area contributed by atoms with Crippen LogP contribution in [0.1, 0.15) is 29.6 Å². The topological polar surface area (TPSA) is 41.6 Å². The van der Waals surface area contributed by atoms with E-state index in [4.69, 9.17) is 0 Å². The van der Waals surface area contributed by atoms with Crippen molar-refractivity contribution in [3.05, 3.63) is 29.8 Å². The standard InChI is InChI=1S/C15H22N2O2/c1-17-10-4-3-5-14(17)11-16-13-8-6-12(7-9-13)15(18)19-2/h6-9,14,16H,3-5,10-11H2,1-2H3. The van der Waals surface area contributed by atoms with Crippen molar-refractivity contribution in [3.8, 4) is 0 Å². The number of anilines is 1. The first kappa shape index (κ1) is 13.9. The molecule has 1 fully saturated rings. The Bertz CT molecular complexity index is 417. The lowest BCUT2D eigenvalue weighted by molar-refractivity contribution is 0.0601. The van der Waals surface area contributed by atoms with E-state index in [1.165, 1.54) is 32.9 Å². The summed E-state index contributed by atoms with van der Waals surface area (Å²) >= 11 is 0. The molecule has 4 heteroatoms. The van der Waals surface area contributed by atoms with Crippen LogP contribution < -0.4 is 5.32 Å². The van der Waals surface area contributed by atoms with Crippen molar-refractivity contribution < 1.29 is 9.53 Å². The van der Waals surface area contributed by atoms with Gasteiger partial charge in [0, 0.05) is 18.3 Å². The smallest absolute Gasteiger partial charge is 0.337 e. The van der Waals surface area contributed by atoms with E-state index in [2.05, 4.69) is 22.0 Å². The van der Waals surface area contributed by atoms with Crippen molar-refractivity contribution in [1.82, 2.24) is 4.90 Å². The molecular formula is C15H22N2O2. The van der Waals surface area contributed by atoms with E-state index in [9.17, 15) is 4.79 Å². The normalized spacial score (nSPS) is 20.0. The van der Waals surface area contributed by atoms with Gasteiger partial charge in [-0.15, -0.1) is 0 Å². The number of hydrogen-bond donors (Lipinski definition) is 1. The monoisotopic (exact) mass is 262 g/mol. The number of benzene rings is 1. The third kappa shape index (κ3) is 3.70. The van der Waals surface area contributed by atoms with E-state index in [1.54, 1.807) is 12.1 Å². The van der Waals surface area contributed by atoms with Crippen molar-refractivity contribution in [2.75, 3.05) is 32.6 Å². The molecule has 1 atom stereocenters. The molecule has 1 N–H and O–H groups in total. The van der Waals surface area contributed by atoms with Gasteiger partial charge in [0.05, 0.1) is 12.7 Å². The molecule has 104 valence electrons. The molecule has 1 aromatic rings. The van der Waals surface area contributed by atoms with E-state index < -0.39 is 0 Å². The van der Waals surface area contributed by atoms with Gasteiger partial charge < -0.3 is 15.0 Å². The molecule has 2 rings (SSSR count). The quantitative estimate of drug-likeness (QED) is 0.846. The number of carbonyl (C=O) groups excluding carboxylic acids is 1. The fourth-order valence-corrected chi connectivity index (χ4v) is 2.48. The predicted octanol–water partition coefficient (Wildman–Crippen LogP) is 2.37. The highest BCUT2D eigenvalue weighted by atomic mass is 16.5. The minimum absolute atomic E-state index is 0.293. The van der Waals surface area contributed by atoms with E-state index in [-0.39, 0.29) is 5.97 Å². The number of likely N-dealkylation sites (tertiary alicyclic amines) is 1. The van der Waals surface area contributed by atoms with Crippen LogP contribution in [0.3, 0.4) is 0 Å². The molecule has 1 saturated heterocycles. The summed E-state index contributed by atoms with van der Waals surface area (Å²) in [4.78, 5) is 13.7. The highest BCUT2D eigenvalue weighted by Gasteiger charge is 2.18. The lowest BCUT2D eigenvalue weighted by Crippen LogP contribution is -2.40. The average Bonchev–Trinajstić information content (AvgIpc) is 2.46. The molecule has 1 aliphatic heterocycles. The molecular weight excluding hydrogens is 240 g/mol. The first-order valence-electron chi connectivity index (χ1n) is 6.83. The molecule has 0 aromatic heterocycles. The minimum atomic E-state index is -0.293. The van der Waals surface area contributed by atoms with Gasteiger partial charge in [-0.25, -0.2) is 4.79 Å². The Kier molecular flexibility index (Phi) is 4.80. The minimum Gasteiger partial charge on any atom is -0.465 e. The predicted molar refractivity (Wildman–Crippen MR) is 76.5 cm³/mol. The summed E-state index contributed by atoms with van der Waals surface area (Å²) in [5.74, 6) is -0.293. The van der Waals surface area contributed by atoms with Gasteiger partial charge in [-0.05, 0) is 50.7 Å². The van der Waals surface area contributed by atoms with Gasteiger partial charge >= 0.3 is 5.97 Å². The molecule has 0 saturated carbocycles. The number of methoxy groups -OCH3 is 1. The second-order valence-electron chi connectivity index (χ2n) is 5.08. The van der Waals surface area contributed by atoms with Crippen LogP contribution in [-0.2, 0) is 4.74 Å². The summed E-state index contributed by atoms with van der Waals surface area (Å²) in [5, 5.41) is 3.44. The molecule has 1 aliphatic rings. The number of nitrogens with zero attached hydrogens (tertiary/aromatic N) is 1. The number of ether oxygens (including phenoxy) is 1. The van der Waals surface area contributed by atoms with Crippen molar-refractivity contribution in [1.29, 1.82) is 0 Å². The number of carbonyl (C=O) groups is 1. The lowest BCUT2D eigenvalue weighted by Gasteiger charge is -2.32. The van der Waals surface area contributed by atoms with E-state index in [0.717, 1.165) is 12.2 Å². The Balaban J connectivity index is 1.87. The zero-order valence-electron chi connectivity index (χ0n) is 11.7. The van der Waals surface area contributed by atoms with Crippen LogP contribution in [0.25, 0.3) is 0 Å². The molecule has 0 spiro atoms. The van der Waals surface area contributed by atoms with Gasteiger partial charge in [0.25, 0.3) is 0 Å². The van der Waals surface area contributed by atoms with Gasteiger partial charge in [0.1, 0.15) is 0 Å². The molecule has 0 amide bonds. The number of nitrogens with one attached hydrogen (secondary N) is 1. The summed E-state index contributed by atoms with van der Waals surface area (Å²) < 4.78 is 4.68. The molecule has 4 nitrogen and oxygen atoms in total. The van der Waals surface area contributed by atoms with E-state index in [0.29, 0.717) is 11.6 Å². The molecule has 1 heterocycles. The van der Waals surface area contributed by atoms with Crippen LogP contribution in [0.4, 0.5) is 5.69 Å². The van der Waals surface area contributed by atoms with Crippen LogP contribution in [0.5, 0.6) is 0 Å². The summed E-state index contributed by atoms with van der Waals surface area (Å²) in [6, 6.07) is 8.04. The molecule has 0 bridgehead atoms. The highest BCUT2D eigenvalue weighted by molar-refractivity contribution is 5.89. The van der Waals surface area contributed by atoms with Crippen LogP contribution in [0.2, 0.25) is 0 Å². The Morgan fingerprint density at radius 1 is 1.37 bits per heavy atom. The number of hydrogen-bond acceptors (Lipinski definition) is 4. The van der Waals surface area contributed by atoms with Crippen LogP contribution in [-0.4, -0.2) is 44.2 Å². The summed E-state index contributed by atoms with van der Waals surface area (Å²) in [5.41, 5.74) is 1.63. The van der Waals surface area contributed by atoms with Gasteiger partial charge in [0.2, 0.25) is 0 Å². The summed E-state index contributed by atoms with van der Waals surface area (Å²) in [6.07, 6.45) is 3.88. The van der Waals surface area contributed by atoms with E-state index in [1.807, 2.05) is 12.1 Å². The molecule has 19 heavy (non-hydrogen) atoms. The van der Waals surface area contributed by atoms with Crippen LogP contribution in [0, 0.1) is 0 Å². The van der Waals surface area contributed by atoms with Gasteiger partial charge in [-0.2, -0.15) is 0 Å². The number of rotatable bonds is 4. The highest BCUT2D eigenvalue weighted by Crippen LogP contribution is 2.16. The Morgan fingerprint density at radius 3 is 2.74 bits per heavy atom. The maximum absolute atomic E-state index is 11.3. The van der Waals surface area contributed by atoms with Gasteiger partial charge in [0.15, 0.2) is 0 Å². The summed E-state index contributed by atoms with van der Waals surface area (Å²) in [7, 11) is 3.58. The number of piperidine rings is 1. The lowest BCUT2D eigenvalue weighted by atomic mass is 10.0. The SMILES string of the molecule is COC(=O)c1ccc(NCC2CCCCN2C)cc1. The summed E-state index contributed by atoms with van der Waals surface area (Å²) in [6.45, 7) is 2.14. The van der Waals surface area contributed by atoms with Crippen molar-refractivity contribution in [2.45, 2.75) is 25.3 Å². The van der Waals surface area contributed by atoms with Gasteiger partial charge in [-0.1, -0.05) is 6.42 Å². The second-order valence-corrected chi connectivity index (χ2v) is 5.08. The molecule has 0 radical (unpaired) electrons. The average molecular weight is 262 g/mol. The maximum Gasteiger partial charge on any atom is 0.337 e. The number of esters is 1.